The van der Waals surface area contributed by atoms with E-state index >= 15 is 0 Å². The predicted molar refractivity (Wildman–Crippen MR) is 78.8 cm³/mol. The monoisotopic (exact) mass is 249 g/mol. The van der Waals surface area contributed by atoms with Crippen LogP contribution in [-0.2, 0) is 13.0 Å². The molecular weight excluding hydrogens is 222 g/mol. The molecular formula is C15H27N3. The summed E-state index contributed by atoms with van der Waals surface area (Å²) in [7, 11) is 2.11. The lowest BCUT2D eigenvalue weighted by Crippen LogP contribution is -2.40. The second kappa shape index (κ2) is 5.70. The third kappa shape index (κ3) is 3.45. The average molecular weight is 249 g/mol. The van der Waals surface area contributed by atoms with Gasteiger partial charge in [-0.05, 0) is 36.5 Å². The molecule has 0 aliphatic rings. The zero-order valence-electron chi connectivity index (χ0n) is 12.6. The fourth-order valence-corrected chi connectivity index (χ4v) is 1.89. The summed E-state index contributed by atoms with van der Waals surface area (Å²) in [6.45, 7) is 11.7. The van der Waals surface area contributed by atoms with Crippen molar-refractivity contribution < 1.29 is 0 Å². The number of anilines is 1. The number of nitrogens with zero attached hydrogens (tertiary/aromatic N) is 2. The lowest BCUT2D eigenvalue weighted by molar-refractivity contribution is 0.328. The van der Waals surface area contributed by atoms with Gasteiger partial charge in [-0.2, -0.15) is 0 Å². The summed E-state index contributed by atoms with van der Waals surface area (Å²) in [4.78, 5) is 6.95. The van der Waals surface area contributed by atoms with Crippen molar-refractivity contribution in [1.29, 1.82) is 0 Å². The van der Waals surface area contributed by atoms with Crippen molar-refractivity contribution in [3.05, 3.63) is 23.4 Å². The van der Waals surface area contributed by atoms with Gasteiger partial charge in [0.25, 0.3) is 0 Å². The molecule has 1 aromatic heterocycles. The van der Waals surface area contributed by atoms with Gasteiger partial charge in [0.15, 0.2) is 0 Å². The molecule has 3 nitrogen and oxygen atoms in total. The molecule has 102 valence electrons. The van der Waals surface area contributed by atoms with Gasteiger partial charge in [-0.25, -0.2) is 4.98 Å². The molecule has 0 aromatic carbocycles. The molecule has 2 N–H and O–H groups in total. The van der Waals surface area contributed by atoms with E-state index in [0.717, 1.165) is 23.5 Å². The van der Waals surface area contributed by atoms with Crippen LogP contribution in [0.5, 0.6) is 0 Å². The van der Waals surface area contributed by atoms with Crippen molar-refractivity contribution in [3.8, 4) is 0 Å². The maximum atomic E-state index is 5.76. The SMILES string of the molecule is CCc1cc(CN)cc(N(C)C(C)C(C)(C)C)n1. The van der Waals surface area contributed by atoms with E-state index in [9.17, 15) is 0 Å². The Hall–Kier alpha value is -1.09. The second-order valence-electron chi connectivity index (χ2n) is 6.04. The molecule has 0 fully saturated rings. The Kier molecular flexibility index (Phi) is 4.74. The molecule has 0 saturated heterocycles. The Morgan fingerprint density at radius 1 is 1.33 bits per heavy atom. The molecule has 0 radical (unpaired) electrons. The summed E-state index contributed by atoms with van der Waals surface area (Å²) < 4.78 is 0. The Labute approximate surface area is 111 Å². The summed E-state index contributed by atoms with van der Waals surface area (Å²) in [6.07, 6.45) is 0.943. The molecule has 18 heavy (non-hydrogen) atoms. The van der Waals surface area contributed by atoms with Crippen LogP contribution in [0.4, 0.5) is 5.82 Å². The minimum Gasteiger partial charge on any atom is -0.356 e. The normalized spacial score (nSPS) is 13.5. The molecule has 0 bridgehead atoms. The van der Waals surface area contributed by atoms with E-state index in [1.165, 1.54) is 0 Å². The topological polar surface area (TPSA) is 42.1 Å². The van der Waals surface area contributed by atoms with E-state index in [2.05, 4.69) is 58.7 Å². The highest BCUT2D eigenvalue weighted by molar-refractivity contribution is 5.43. The summed E-state index contributed by atoms with van der Waals surface area (Å²) in [5.74, 6) is 1.03. The Bertz CT molecular complexity index is 371. The first-order chi connectivity index (χ1) is 8.29. The number of hydrogen-bond acceptors (Lipinski definition) is 3. The fourth-order valence-electron chi connectivity index (χ4n) is 1.89. The van der Waals surface area contributed by atoms with E-state index in [1.807, 2.05) is 0 Å². The molecule has 0 saturated carbocycles. The van der Waals surface area contributed by atoms with Gasteiger partial charge in [0, 0.05) is 25.3 Å². The third-order valence-corrected chi connectivity index (χ3v) is 3.72. The molecule has 0 aliphatic heterocycles. The quantitative estimate of drug-likeness (QED) is 0.892. The van der Waals surface area contributed by atoms with Crippen molar-refractivity contribution in [2.45, 2.75) is 53.6 Å². The van der Waals surface area contributed by atoms with E-state index in [-0.39, 0.29) is 5.41 Å². The van der Waals surface area contributed by atoms with E-state index < -0.39 is 0 Å². The van der Waals surface area contributed by atoms with Gasteiger partial charge in [-0.1, -0.05) is 27.7 Å². The predicted octanol–water partition coefficient (Wildman–Crippen LogP) is 2.97. The molecule has 1 atom stereocenters. The van der Waals surface area contributed by atoms with Crippen molar-refractivity contribution >= 4 is 5.82 Å². The summed E-state index contributed by atoms with van der Waals surface area (Å²) >= 11 is 0. The number of aryl methyl sites for hydroxylation is 1. The maximum absolute atomic E-state index is 5.76. The molecule has 1 rings (SSSR count). The van der Waals surface area contributed by atoms with Crippen LogP contribution in [0.15, 0.2) is 12.1 Å². The van der Waals surface area contributed by atoms with Gasteiger partial charge >= 0.3 is 0 Å². The summed E-state index contributed by atoms with van der Waals surface area (Å²) in [6, 6.07) is 4.61. The van der Waals surface area contributed by atoms with Crippen LogP contribution in [0.1, 0.15) is 45.9 Å². The van der Waals surface area contributed by atoms with Crippen molar-refractivity contribution in [3.63, 3.8) is 0 Å². The lowest BCUT2D eigenvalue weighted by Gasteiger charge is -2.36. The van der Waals surface area contributed by atoms with Crippen LogP contribution in [0.25, 0.3) is 0 Å². The number of nitrogens with two attached hydrogens (primary N) is 1. The van der Waals surface area contributed by atoms with Crippen LogP contribution in [-0.4, -0.2) is 18.1 Å². The zero-order chi connectivity index (χ0) is 13.9. The van der Waals surface area contributed by atoms with Crippen molar-refractivity contribution in [2.24, 2.45) is 11.1 Å². The standard InChI is InChI=1S/C15H27N3/c1-7-13-8-12(10-16)9-14(17-13)18(6)11(2)15(3,4)5/h8-9,11H,7,10,16H2,1-6H3. The van der Waals surface area contributed by atoms with Gasteiger partial charge in [-0.15, -0.1) is 0 Å². The Morgan fingerprint density at radius 2 is 1.94 bits per heavy atom. The molecule has 0 spiro atoms. The first kappa shape index (κ1) is 15.0. The number of aromatic nitrogens is 1. The first-order valence-electron chi connectivity index (χ1n) is 6.72. The molecule has 3 heteroatoms. The van der Waals surface area contributed by atoms with Gasteiger partial charge in [-0.3, -0.25) is 0 Å². The Morgan fingerprint density at radius 3 is 2.39 bits per heavy atom. The van der Waals surface area contributed by atoms with Crippen LogP contribution < -0.4 is 10.6 Å². The largest absolute Gasteiger partial charge is 0.356 e. The highest BCUT2D eigenvalue weighted by Crippen LogP contribution is 2.27. The van der Waals surface area contributed by atoms with Crippen LogP contribution in [0.2, 0.25) is 0 Å². The summed E-state index contributed by atoms with van der Waals surface area (Å²) in [5.41, 5.74) is 8.25. The van der Waals surface area contributed by atoms with Crippen LogP contribution in [0, 0.1) is 5.41 Å². The highest BCUT2D eigenvalue weighted by Gasteiger charge is 2.25. The minimum absolute atomic E-state index is 0.224. The Balaban J connectivity index is 3.08. The molecule has 0 aliphatic carbocycles. The van der Waals surface area contributed by atoms with Gasteiger partial charge in [0.05, 0.1) is 0 Å². The van der Waals surface area contributed by atoms with Crippen LogP contribution in [0.3, 0.4) is 0 Å². The molecule has 0 amide bonds. The maximum Gasteiger partial charge on any atom is 0.129 e. The average Bonchev–Trinajstić information content (AvgIpc) is 2.35. The highest BCUT2D eigenvalue weighted by atomic mass is 15.2. The van der Waals surface area contributed by atoms with E-state index in [0.29, 0.717) is 12.6 Å². The van der Waals surface area contributed by atoms with Gasteiger partial charge in [0.1, 0.15) is 5.82 Å². The van der Waals surface area contributed by atoms with Crippen molar-refractivity contribution in [2.75, 3.05) is 11.9 Å². The third-order valence-electron chi connectivity index (χ3n) is 3.72. The van der Waals surface area contributed by atoms with Gasteiger partial charge in [0.2, 0.25) is 0 Å². The minimum atomic E-state index is 0.224. The lowest BCUT2D eigenvalue weighted by atomic mass is 9.87. The van der Waals surface area contributed by atoms with E-state index in [1.54, 1.807) is 0 Å². The van der Waals surface area contributed by atoms with Crippen molar-refractivity contribution in [1.82, 2.24) is 4.98 Å². The van der Waals surface area contributed by atoms with Crippen LogP contribution >= 0.6 is 0 Å². The second-order valence-corrected chi connectivity index (χ2v) is 6.04. The smallest absolute Gasteiger partial charge is 0.129 e. The molecule has 1 aromatic rings. The molecule has 1 heterocycles. The number of rotatable bonds is 4. The summed E-state index contributed by atoms with van der Waals surface area (Å²) in [5, 5.41) is 0. The fraction of sp³-hybridized carbons (Fsp3) is 0.667. The zero-order valence-corrected chi connectivity index (χ0v) is 12.6. The molecule has 1 unspecified atom stereocenters. The number of pyridine rings is 1. The first-order valence-corrected chi connectivity index (χ1v) is 6.72. The van der Waals surface area contributed by atoms with Gasteiger partial charge < -0.3 is 10.6 Å². The number of hydrogen-bond donors (Lipinski definition) is 1. The van der Waals surface area contributed by atoms with E-state index in [4.69, 9.17) is 10.7 Å².